The minimum atomic E-state index is -0.556. The number of ether oxygens (including phenoxy) is 1. The first-order chi connectivity index (χ1) is 8.35. The van der Waals surface area contributed by atoms with Gasteiger partial charge in [0.25, 0.3) is 0 Å². The number of amides is 1. The lowest BCUT2D eigenvalue weighted by Crippen LogP contribution is -2.44. The number of anilines is 1. The van der Waals surface area contributed by atoms with Crippen molar-refractivity contribution in [3.05, 3.63) is 30.3 Å². The Morgan fingerprint density at radius 2 is 1.89 bits per heavy atom. The van der Waals surface area contributed by atoms with Gasteiger partial charge in [0, 0.05) is 5.69 Å². The maximum absolute atomic E-state index is 12.2. The number of carbonyl (C=O) groups is 1. The summed E-state index contributed by atoms with van der Waals surface area (Å²) in [6.45, 7) is 7.11. The Hall–Kier alpha value is -1.55. The van der Waals surface area contributed by atoms with Gasteiger partial charge < -0.3 is 9.84 Å². The summed E-state index contributed by atoms with van der Waals surface area (Å²) >= 11 is 0. The Morgan fingerprint density at radius 3 is 2.33 bits per heavy atom. The number of benzene rings is 1. The zero-order valence-electron chi connectivity index (χ0n) is 11.4. The molecule has 1 rings (SSSR count). The minimum Gasteiger partial charge on any atom is -0.443 e. The van der Waals surface area contributed by atoms with Gasteiger partial charge in [-0.2, -0.15) is 0 Å². The molecular formula is C14H21NO3. The Kier molecular flexibility index (Phi) is 4.73. The Balaban J connectivity index is 2.96. The van der Waals surface area contributed by atoms with Gasteiger partial charge in [-0.3, -0.25) is 4.90 Å². The number of hydrogen-bond donors (Lipinski definition) is 1. The highest BCUT2D eigenvalue weighted by Gasteiger charge is 2.26. The zero-order valence-corrected chi connectivity index (χ0v) is 11.4. The monoisotopic (exact) mass is 251 g/mol. The van der Waals surface area contributed by atoms with Crippen LogP contribution in [-0.4, -0.2) is 29.4 Å². The Morgan fingerprint density at radius 1 is 1.33 bits per heavy atom. The number of aliphatic hydroxyl groups is 1. The largest absolute Gasteiger partial charge is 0.443 e. The zero-order chi connectivity index (χ0) is 13.8. The van der Waals surface area contributed by atoms with Gasteiger partial charge in [0.2, 0.25) is 0 Å². The van der Waals surface area contributed by atoms with Gasteiger partial charge in [0.1, 0.15) is 5.60 Å². The molecule has 0 spiro atoms. The molecule has 1 amide bonds. The summed E-state index contributed by atoms with van der Waals surface area (Å²) in [5.74, 6) is 0. The van der Waals surface area contributed by atoms with E-state index in [1.165, 1.54) is 4.90 Å². The van der Waals surface area contributed by atoms with Gasteiger partial charge in [0.05, 0.1) is 12.6 Å². The predicted molar refractivity (Wildman–Crippen MR) is 71.7 cm³/mol. The third-order valence-electron chi connectivity index (χ3n) is 2.33. The number of rotatable bonds is 3. The summed E-state index contributed by atoms with van der Waals surface area (Å²) in [5.41, 5.74) is 0.160. The van der Waals surface area contributed by atoms with Crippen LogP contribution in [0.5, 0.6) is 0 Å². The van der Waals surface area contributed by atoms with Crippen molar-refractivity contribution in [1.82, 2.24) is 0 Å². The molecule has 0 saturated carbocycles. The molecule has 1 aromatic rings. The van der Waals surface area contributed by atoms with Crippen LogP contribution in [-0.2, 0) is 4.74 Å². The van der Waals surface area contributed by atoms with Crippen molar-refractivity contribution < 1.29 is 14.6 Å². The van der Waals surface area contributed by atoms with Crippen molar-refractivity contribution in [1.29, 1.82) is 0 Å². The van der Waals surface area contributed by atoms with Crippen LogP contribution < -0.4 is 4.90 Å². The van der Waals surface area contributed by atoms with Crippen LogP contribution in [0.25, 0.3) is 0 Å². The standard InChI is InChI=1S/C14H21NO3/c1-11(10-16)15(12-8-6-5-7-9-12)13(17)18-14(2,3)4/h5-9,11,16H,10H2,1-4H3/t11-/m0/s1. The molecule has 0 aliphatic rings. The molecule has 0 aliphatic heterocycles. The van der Waals surface area contributed by atoms with E-state index in [0.717, 1.165) is 0 Å². The van der Waals surface area contributed by atoms with Crippen LogP contribution in [0.3, 0.4) is 0 Å². The van der Waals surface area contributed by atoms with Crippen LogP contribution in [0.4, 0.5) is 10.5 Å². The molecule has 18 heavy (non-hydrogen) atoms. The maximum atomic E-state index is 12.2. The first kappa shape index (κ1) is 14.5. The van der Waals surface area contributed by atoms with Crippen LogP contribution in [0, 0.1) is 0 Å². The molecule has 0 fully saturated rings. The first-order valence-corrected chi connectivity index (χ1v) is 6.03. The lowest BCUT2D eigenvalue weighted by Gasteiger charge is -2.30. The van der Waals surface area contributed by atoms with Crippen LogP contribution in [0.2, 0.25) is 0 Å². The number of nitrogens with zero attached hydrogens (tertiary/aromatic N) is 1. The topological polar surface area (TPSA) is 49.8 Å². The van der Waals surface area contributed by atoms with E-state index in [0.29, 0.717) is 5.69 Å². The van der Waals surface area contributed by atoms with Gasteiger partial charge in [0.15, 0.2) is 0 Å². The lowest BCUT2D eigenvalue weighted by molar-refractivity contribution is 0.0555. The molecule has 0 heterocycles. The number of para-hydroxylation sites is 1. The Labute approximate surface area is 108 Å². The molecule has 1 aromatic carbocycles. The fourth-order valence-corrected chi connectivity index (χ4v) is 1.52. The predicted octanol–water partition coefficient (Wildman–Crippen LogP) is 2.81. The number of aliphatic hydroxyl groups excluding tert-OH is 1. The first-order valence-electron chi connectivity index (χ1n) is 6.03. The molecule has 1 atom stereocenters. The summed E-state index contributed by atoms with van der Waals surface area (Å²) in [6, 6.07) is 8.86. The quantitative estimate of drug-likeness (QED) is 0.898. The second kappa shape index (κ2) is 5.87. The third-order valence-corrected chi connectivity index (χ3v) is 2.33. The molecule has 4 nitrogen and oxygen atoms in total. The van der Waals surface area contributed by atoms with Crippen molar-refractivity contribution in [2.45, 2.75) is 39.3 Å². The van der Waals surface area contributed by atoms with Crippen molar-refractivity contribution in [2.75, 3.05) is 11.5 Å². The molecule has 0 bridgehead atoms. The van der Waals surface area contributed by atoms with E-state index in [1.807, 2.05) is 51.1 Å². The van der Waals surface area contributed by atoms with E-state index in [2.05, 4.69) is 0 Å². The van der Waals surface area contributed by atoms with Gasteiger partial charge >= 0.3 is 6.09 Å². The molecule has 0 aromatic heterocycles. The second-order valence-corrected chi connectivity index (χ2v) is 5.22. The summed E-state index contributed by atoms with van der Waals surface area (Å²) in [7, 11) is 0. The van der Waals surface area contributed by atoms with Gasteiger partial charge in [-0.1, -0.05) is 18.2 Å². The summed E-state index contributed by atoms with van der Waals surface area (Å²) < 4.78 is 5.35. The van der Waals surface area contributed by atoms with Crippen LogP contribution in [0.1, 0.15) is 27.7 Å². The summed E-state index contributed by atoms with van der Waals surface area (Å²) in [4.78, 5) is 13.6. The van der Waals surface area contributed by atoms with Crippen LogP contribution in [0.15, 0.2) is 30.3 Å². The van der Waals surface area contributed by atoms with Crippen LogP contribution >= 0.6 is 0 Å². The second-order valence-electron chi connectivity index (χ2n) is 5.22. The molecule has 4 heteroatoms. The number of carbonyl (C=O) groups excluding carboxylic acids is 1. The average molecular weight is 251 g/mol. The molecule has 0 unspecified atom stereocenters. The average Bonchev–Trinajstić information content (AvgIpc) is 2.28. The molecule has 0 radical (unpaired) electrons. The highest BCUT2D eigenvalue weighted by Crippen LogP contribution is 2.20. The van der Waals surface area contributed by atoms with Gasteiger partial charge in [-0.05, 0) is 39.8 Å². The minimum absolute atomic E-state index is 0.117. The fraction of sp³-hybridized carbons (Fsp3) is 0.500. The fourth-order valence-electron chi connectivity index (χ4n) is 1.52. The van der Waals surface area contributed by atoms with E-state index in [4.69, 9.17) is 4.74 Å². The van der Waals surface area contributed by atoms with Gasteiger partial charge in [-0.25, -0.2) is 4.79 Å². The molecule has 0 saturated heterocycles. The van der Waals surface area contributed by atoms with E-state index < -0.39 is 11.7 Å². The number of hydrogen-bond acceptors (Lipinski definition) is 3. The van der Waals surface area contributed by atoms with Crippen molar-refractivity contribution in [2.24, 2.45) is 0 Å². The highest BCUT2D eigenvalue weighted by atomic mass is 16.6. The van der Waals surface area contributed by atoms with Crippen molar-refractivity contribution in [3.63, 3.8) is 0 Å². The van der Waals surface area contributed by atoms with E-state index >= 15 is 0 Å². The van der Waals surface area contributed by atoms with Crippen molar-refractivity contribution in [3.8, 4) is 0 Å². The lowest BCUT2D eigenvalue weighted by atomic mass is 10.2. The smallest absolute Gasteiger partial charge is 0.415 e. The van der Waals surface area contributed by atoms with E-state index in [9.17, 15) is 9.90 Å². The SMILES string of the molecule is C[C@@H](CO)N(C(=O)OC(C)(C)C)c1ccccc1. The third kappa shape index (κ3) is 4.04. The Bertz CT molecular complexity index is 384. The summed E-state index contributed by atoms with van der Waals surface area (Å²) in [5, 5.41) is 9.26. The van der Waals surface area contributed by atoms with Gasteiger partial charge in [-0.15, -0.1) is 0 Å². The maximum Gasteiger partial charge on any atom is 0.415 e. The molecule has 100 valence electrons. The molecule has 0 aliphatic carbocycles. The van der Waals surface area contributed by atoms with E-state index in [1.54, 1.807) is 6.92 Å². The molecule has 1 N–H and O–H groups in total. The summed E-state index contributed by atoms with van der Waals surface area (Å²) in [6.07, 6.45) is -0.449. The highest BCUT2D eigenvalue weighted by molar-refractivity contribution is 5.88. The normalized spacial score (nSPS) is 12.9. The van der Waals surface area contributed by atoms with Crippen molar-refractivity contribution >= 4 is 11.8 Å². The van der Waals surface area contributed by atoms with E-state index in [-0.39, 0.29) is 12.6 Å². The molecular weight excluding hydrogens is 230 g/mol.